The Morgan fingerprint density at radius 3 is 2.67 bits per heavy atom. The highest BCUT2D eigenvalue weighted by molar-refractivity contribution is 7.11. The van der Waals surface area contributed by atoms with Gasteiger partial charge in [-0.1, -0.05) is 6.07 Å². The topological polar surface area (TPSA) is 57.5 Å². The van der Waals surface area contributed by atoms with E-state index in [2.05, 4.69) is 0 Å². The third-order valence-electron chi connectivity index (χ3n) is 2.23. The average molecular weight is 264 g/mol. The Bertz CT molecular complexity index is 582. The van der Waals surface area contributed by atoms with Gasteiger partial charge in [-0.15, -0.1) is 11.3 Å². The number of benzene rings is 1. The molecule has 0 saturated carbocycles. The number of hydrogen-bond donors (Lipinski definition) is 2. The molecule has 18 heavy (non-hydrogen) atoms. The first-order chi connectivity index (χ1) is 8.56. The molecular weight excluding hydrogens is 255 g/mol. The van der Waals surface area contributed by atoms with Gasteiger partial charge < -0.3 is 10.2 Å². The van der Waals surface area contributed by atoms with Gasteiger partial charge in [-0.05, 0) is 35.2 Å². The van der Waals surface area contributed by atoms with E-state index in [0.717, 1.165) is 12.1 Å². The van der Waals surface area contributed by atoms with E-state index in [9.17, 15) is 14.3 Å². The van der Waals surface area contributed by atoms with Gasteiger partial charge in [-0.2, -0.15) is 0 Å². The number of rotatable bonds is 3. The summed E-state index contributed by atoms with van der Waals surface area (Å²) in [5.74, 6) is -1.95. The van der Waals surface area contributed by atoms with E-state index in [4.69, 9.17) is 5.11 Å². The van der Waals surface area contributed by atoms with Crippen molar-refractivity contribution in [2.45, 2.75) is 0 Å². The third-order valence-corrected chi connectivity index (χ3v) is 3.14. The number of hydrogen-bond acceptors (Lipinski definition) is 3. The zero-order chi connectivity index (χ0) is 13.1. The summed E-state index contributed by atoms with van der Waals surface area (Å²) < 4.78 is 13.1. The van der Waals surface area contributed by atoms with Crippen molar-refractivity contribution in [2.24, 2.45) is 0 Å². The van der Waals surface area contributed by atoms with Crippen LogP contribution < -0.4 is 0 Å². The second-order valence-electron chi connectivity index (χ2n) is 3.58. The number of phenols is 1. The summed E-state index contributed by atoms with van der Waals surface area (Å²) in [7, 11) is 0. The Balaban J connectivity index is 2.48. The van der Waals surface area contributed by atoms with Crippen molar-refractivity contribution in [3.8, 4) is 5.75 Å². The first kappa shape index (κ1) is 12.3. The van der Waals surface area contributed by atoms with Gasteiger partial charge in [0, 0.05) is 10.9 Å². The number of carboxylic acids is 1. The lowest BCUT2D eigenvalue weighted by Crippen LogP contribution is -1.97. The number of phenolic OH excluding ortho intramolecular Hbond substituents is 1. The summed E-state index contributed by atoms with van der Waals surface area (Å²) in [6.07, 6.45) is 1.33. The minimum atomic E-state index is -1.10. The summed E-state index contributed by atoms with van der Waals surface area (Å²) in [5.41, 5.74) is 0.369. The van der Waals surface area contributed by atoms with Crippen LogP contribution in [0.3, 0.4) is 0 Å². The second-order valence-corrected chi connectivity index (χ2v) is 4.53. The largest absolute Gasteiger partial charge is 0.508 e. The number of aliphatic carboxylic acids is 1. The van der Waals surface area contributed by atoms with Crippen LogP contribution >= 0.6 is 11.3 Å². The van der Waals surface area contributed by atoms with Crippen molar-refractivity contribution < 1.29 is 19.4 Å². The lowest BCUT2D eigenvalue weighted by molar-refractivity contribution is -0.130. The molecule has 0 aliphatic heterocycles. The number of halogens is 1. The maximum absolute atomic E-state index is 13.1. The highest BCUT2D eigenvalue weighted by atomic mass is 32.1. The predicted molar refractivity (Wildman–Crippen MR) is 67.9 cm³/mol. The predicted octanol–water partition coefficient (Wildman–Crippen LogP) is 3.22. The molecular formula is C13H9FO3S. The fourth-order valence-corrected chi connectivity index (χ4v) is 2.25. The molecule has 0 atom stereocenters. The van der Waals surface area contributed by atoms with E-state index in [1.165, 1.54) is 23.5 Å². The van der Waals surface area contributed by atoms with Crippen molar-refractivity contribution in [3.05, 3.63) is 52.0 Å². The number of carbonyl (C=O) groups is 1. The molecule has 2 rings (SSSR count). The molecule has 1 aromatic heterocycles. The highest BCUT2D eigenvalue weighted by Crippen LogP contribution is 2.24. The van der Waals surface area contributed by atoms with Crippen molar-refractivity contribution in [1.29, 1.82) is 0 Å². The molecule has 3 nitrogen and oxygen atoms in total. The van der Waals surface area contributed by atoms with Gasteiger partial charge in [0.2, 0.25) is 0 Å². The van der Waals surface area contributed by atoms with Crippen LogP contribution in [-0.4, -0.2) is 16.2 Å². The molecule has 0 bridgehead atoms. The Hall–Kier alpha value is -2.14. The molecule has 1 heterocycles. The average Bonchev–Trinajstić information content (AvgIpc) is 2.77. The molecule has 2 N–H and O–H groups in total. The number of aromatic hydroxyl groups is 1. The van der Waals surface area contributed by atoms with Crippen molar-refractivity contribution in [1.82, 2.24) is 0 Å². The molecule has 0 amide bonds. The molecule has 0 unspecified atom stereocenters. The van der Waals surface area contributed by atoms with Crippen LogP contribution in [0.25, 0.3) is 11.6 Å². The Morgan fingerprint density at radius 1 is 1.33 bits per heavy atom. The quantitative estimate of drug-likeness (QED) is 0.837. The van der Waals surface area contributed by atoms with E-state index in [1.54, 1.807) is 17.5 Å². The number of thiophene rings is 1. The van der Waals surface area contributed by atoms with Crippen LogP contribution in [-0.2, 0) is 4.79 Å². The summed E-state index contributed by atoms with van der Waals surface area (Å²) in [6, 6.07) is 6.84. The summed E-state index contributed by atoms with van der Waals surface area (Å²) in [4.78, 5) is 11.7. The fourth-order valence-electron chi connectivity index (χ4n) is 1.52. The molecule has 0 aliphatic rings. The van der Waals surface area contributed by atoms with Crippen LogP contribution in [0.4, 0.5) is 4.39 Å². The summed E-state index contributed by atoms with van der Waals surface area (Å²) >= 11 is 1.28. The molecule has 92 valence electrons. The van der Waals surface area contributed by atoms with E-state index < -0.39 is 11.8 Å². The standard InChI is InChI=1S/C13H9FO3S/c14-9-4-8(5-10(15)7-9)6-11(13(16)17)12-2-1-3-18-12/h1-7,15H,(H,16,17)/b11-6+. The minimum absolute atomic E-state index is 0.0648. The molecule has 0 aliphatic carbocycles. The van der Waals surface area contributed by atoms with Crippen molar-refractivity contribution in [3.63, 3.8) is 0 Å². The fraction of sp³-hybridized carbons (Fsp3) is 0. The molecule has 2 aromatic rings. The molecule has 0 spiro atoms. The van der Waals surface area contributed by atoms with Crippen LogP contribution in [0.5, 0.6) is 5.75 Å². The Morgan fingerprint density at radius 2 is 2.11 bits per heavy atom. The lowest BCUT2D eigenvalue weighted by Gasteiger charge is -2.01. The van der Waals surface area contributed by atoms with Gasteiger partial charge >= 0.3 is 5.97 Å². The van der Waals surface area contributed by atoms with Crippen LogP contribution in [0.15, 0.2) is 35.7 Å². The third kappa shape index (κ3) is 2.75. The smallest absolute Gasteiger partial charge is 0.337 e. The molecule has 0 radical (unpaired) electrons. The SMILES string of the molecule is O=C(O)/C(=C/c1cc(O)cc(F)c1)c1cccs1. The second kappa shape index (κ2) is 5.01. The van der Waals surface area contributed by atoms with E-state index in [0.29, 0.717) is 10.4 Å². The Labute approximate surface area is 106 Å². The van der Waals surface area contributed by atoms with Crippen LogP contribution in [0.1, 0.15) is 10.4 Å². The van der Waals surface area contributed by atoms with Crippen molar-refractivity contribution >= 4 is 29.0 Å². The van der Waals surface area contributed by atoms with Crippen molar-refractivity contribution in [2.75, 3.05) is 0 Å². The van der Waals surface area contributed by atoms with E-state index >= 15 is 0 Å². The molecule has 0 saturated heterocycles. The molecule has 1 aromatic carbocycles. The van der Waals surface area contributed by atoms with E-state index in [-0.39, 0.29) is 11.3 Å². The highest BCUT2D eigenvalue weighted by Gasteiger charge is 2.11. The first-order valence-corrected chi connectivity index (χ1v) is 5.92. The van der Waals surface area contributed by atoms with Gasteiger partial charge in [0.1, 0.15) is 11.6 Å². The minimum Gasteiger partial charge on any atom is -0.508 e. The van der Waals surface area contributed by atoms with Gasteiger partial charge in [-0.25, -0.2) is 9.18 Å². The lowest BCUT2D eigenvalue weighted by atomic mass is 10.1. The Kier molecular flexibility index (Phi) is 3.43. The van der Waals surface area contributed by atoms with Gasteiger partial charge in [0.15, 0.2) is 0 Å². The normalized spacial score (nSPS) is 11.5. The maximum Gasteiger partial charge on any atom is 0.337 e. The zero-order valence-corrected chi connectivity index (χ0v) is 9.95. The maximum atomic E-state index is 13.1. The number of carboxylic acid groups (broad SMARTS) is 1. The molecule has 0 fully saturated rings. The zero-order valence-electron chi connectivity index (χ0n) is 9.13. The van der Waals surface area contributed by atoms with Crippen LogP contribution in [0.2, 0.25) is 0 Å². The van der Waals surface area contributed by atoms with Gasteiger partial charge in [-0.3, -0.25) is 0 Å². The van der Waals surface area contributed by atoms with E-state index in [1.807, 2.05) is 0 Å². The van der Waals surface area contributed by atoms with Gasteiger partial charge in [0.05, 0.1) is 5.57 Å². The van der Waals surface area contributed by atoms with Crippen LogP contribution in [0, 0.1) is 5.82 Å². The summed E-state index contributed by atoms with van der Waals surface area (Å²) in [5, 5.41) is 20.1. The summed E-state index contributed by atoms with van der Waals surface area (Å²) in [6.45, 7) is 0. The monoisotopic (exact) mass is 264 g/mol. The van der Waals surface area contributed by atoms with Gasteiger partial charge in [0.25, 0.3) is 0 Å². The molecule has 5 heteroatoms. The first-order valence-electron chi connectivity index (χ1n) is 5.04.